The third-order valence-corrected chi connectivity index (χ3v) is 7.17. The number of carbonyl (C=O) groups excluding carboxylic acids is 1. The van der Waals surface area contributed by atoms with Crippen molar-refractivity contribution in [3.8, 4) is 5.75 Å². The summed E-state index contributed by atoms with van der Waals surface area (Å²) in [5.41, 5.74) is 1.73. The summed E-state index contributed by atoms with van der Waals surface area (Å²) in [7, 11) is -1.82. The van der Waals surface area contributed by atoms with Gasteiger partial charge in [-0.25, -0.2) is 8.42 Å². The van der Waals surface area contributed by atoms with Crippen LogP contribution in [0.2, 0.25) is 5.02 Å². The molecule has 29 heavy (non-hydrogen) atoms. The quantitative estimate of drug-likeness (QED) is 0.669. The van der Waals surface area contributed by atoms with Gasteiger partial charge in [0.25, 0.3) is 0 Å². The van der Waals surface area contributed by atoms with Gasteiger partial charge in [-0.2, -0.15) is 4.31 Å². The van der Waals surface area contributed by atoms with Gasteiger partial charge in [0.2, 0.25) is 15.9 Å². The Morgan fingerprint density at radius 3 is 2.34 bits per heavy atom. The molecule has 2 aromatic rings. The molecule has 0 radical (unpaired) electrons. The van der Waals surface area contributed by atoms with Gasteiger partial charge in [0, 0.05) is 32.6 Å². The summed E-state index contributed by atoms with van der Waals surface area (Å²) in [5.74, 6) is 0.617. The van der Waals surface area contributed by atoms with Crippen LogP contribution in [0, 0.1) is 0 Å². The molecule has 0 N–H and O–H groups in total. The molecule has 1 saturated heterocycles. The maximum atomic E-state index is 12.6. The van der Waals surface area contributed by atoms with Crippen LogP contribution in [0.25, 0.3) is 0 Å². The standard InChI is InChI=1S/C21H25ClN2O4S/c1-28-20-9-7-17(15-19(20)22)8-10-21(25)23-11-13-24(14-12-23)29(26,27)16-18-5-3-2-4-6-18/h2-7,9,15H,8,10-14,16H2,1H3. The average molecular weight is 437 g/mol. The fourth-order valence-electron chi connectivity index (χ4n) is 3.37. The van der Waals surface area contributed by atoms with E-state index in [1.807, 2.05) is 42.5 Å². The fourth-order valence-corrected chi connectivity index (χ4v) is 5.16. The van der Waals surface area contributed by atoms with Crippen LogP contribution in [-0.4, -0.2) is 56.8 Å². The second-order valence-corrected chi connectivity index (χ2v) is 9.37. The molecule has 2 aromatic carbocycles. The van der Waals surface area contributed by atoms with E-state index >= 15 is 0 Å². The third kappa shape index (κ3) is 5.72. The van der Waals surface area contributed by atoms with Crippen LogP contribution in [0.4, 0.5) is 0 Å². The lowest BCUT2D eigenvalue weighted by molar-refractivity contribution is -0.132. The van der Waals surface area contributed by atoms with Gasteiger partial charge in [-0.05, 0) is 29.7 Å². The van der Waals surface area contributed by atoms with Gasteiger partial charge < -0.3 is 9.64 Å². The van der Waals surface area contributed by atoms with Crippen LogP contribution in [0.1, 0.15) is 17.5 Å². The molecule has 156 valence electrons. The fraction of sp³-hybridized carbons (Fsp3) is 0.381. The van der Waals surface area contributed by atoms with Crippen LogP contribution in [0.5, 0.6) is 5.75 Å². The lowest BCUT2D eigenvalue weighted by Gasteiger charge is -2.34. The van der Waals surface area contributed by atoms with Gasteiger partial charge in [0.05, 0.1) is 17.9 Å². The first-order valence-corrected chi connectivity index (χ1v) is 11.5. The van der Waals surface area contributed by atoms with Crippen LogP contribution in [0.15, 0.2) is 48.5 Å². The number of halogens is 1. The Labute approximate surface area is 177 Å². The monoisotopic (exact) mass is 436 g/mol. The highest BCUT2D eigenvalue weighted by Gasteiger charge is 2.28. The maximum Gasteiger partial charge on any atom is 0.222 e. The molecule has 0 atom stereocenters. The first kappa shape index (κ1) is 21.6. The predicted molar refractivity (Wildman–Crippen MR) is 114 cm³/mol. The van der Waals surface area contributed by atoms with Crippen LogP contribution >= 0.6 is 11.6 Å². The number of sulfonamides is 1. The van der Waals surface area contributed by atoms with E-state index in [-0.39, 0.29) is 11.7 Å². The Morgan fingerprint density at radius 1 is 1.03 bits per heavy atom. The molecular weight excluding hydrogens is 412 g/mol. The molecule has 0 saturated carbocycles. The minimum Gasteiger partial charge on any atom is -0.495 e. The van der Waals surface area contributed by atoms with E-state index in [1.165, 1.54) is 4.31 Å². The molecule has 0 bridgehead atoms. The summed E-state index contributed by atoms with van der Waals surface area (Å²) >= 11 is 6.13. The van der Waals surface area contributed by atoms with Crippen molar-refractivity contribution in [3.63, 3.8) is 0 Å². The summed E-state index contributed by atoms with van der Waals surface area (Å²) in [6, 6.07) is 14.6. The number of hydrogen-bond donors (Lipinski definition) is 0. The topological polar surface area (TPSA) is 66.9 Å². The largest absolute Gasteiger partial charge is 0.495 e. The number of rotatable bonds is 7. The first-order chi connectivity index (χ1) is 13.9. The first-order valence-electron chi connectivity index (χ1n) is 9.51. The van der Waals surface area contributed by atoms with Crippen molar-refractivity contribution in [1.29, 1.82) is 0 Å². The van der Waals surface area contributed by atoms with Crippen molar-refractivity contribution >= 4 is 27.5 Å². The Balaban J connectivity index is 1.49. The van der Waals surface area contributed by atoms with Crippen molar-refractivity contribution in [2.24, 2.45) is 0 Å². The van der Waals surface area contributed by atoms with E-state index in [0.29, 0.717) is 49.8 Å². The Morgan fingerprint density at radius 2 is 1.72 bits per heavy atom. The molecule has 1 aliphatic rings. The molecule has 1 fully saturated rings. The molecule has 1 heterocycles. The van der Waals surface area contributed by atoms with Gasteiger partial charge >= 0.3 is 0 Å². The van der Waals surface area contributed by atoms with Gasteiger partial charge in [-0.3, -0.25) is 4.79 Å². The SMILES string of the molecule is COc1ccc(CCC(=O)N2CCN(S(=O)(=O)Cc3ccccc3)CC2)cc1Cl. The number of hydrogen-bond acceptors (Lipinski definition) is 4. The summed E-state index contributed by atoms with van der Waals surface area (Å²) in [6.45, 7) is 1.48. The minimum absolute atomic E-state index is 0.0139. The molecule has 3 rings (SSSR count). The Bertz CT molecular complexity index is 942. The number of piperazine rings is 1. The number of methoxy groups -OCH3 is 1. The highest BCUT2D eigenvalue weighted by Crippen LogP contribution is 2.25. The molecule has 8 heteroatoms. The Kier molecular flexibility index (Phi) is 7.16. The summed E-state index contributed by atoms with van der Waals surface area (Å²) in [4.78, 5) is 14.3. The lowest BCUT2D eigenvalue weighted by Crippen LogP contribution is -2.50. The summed E-state index contributed by atoms with van der Waals surface area (Å²) < 4.78 is 31.9. The minimum atomic E-state index is -3.38. The zero-order valence-corrected chi connectivity index (χ0v) is 18.0. The van der Waals surface area contributed by atoms with Crippen LogP contribution in [-0.2, 0) is 27.0 Å². The molecule has 0 aromatic heterocycles. The molecule has 1 amide bonds. The highest BCUT2D eigenvalue weighted by atomic mass is 35.5. The van der Waals surface area contributed by atoms with Crippen molar-refractivity contribution in [2.45, 2.75) is 18.6 Å². The van der Waals surface area contributed by atoms with Gasteiger partial charge in [0.1, 0.15) is 5.75 Å². The third-order valence-electron chi connectivity index (χ3n) is 5.02. The molecular formula is C21H25ClN2O4S. The number of nitrogens with zero attached hydrogens (tertiary/aromatic N) is 2. The number of aryl methyl sites for hydroxylation is 1. The molecule has 6 nitrogen and oxygen atoms in total. The molecule has 0 spiro atoms. The number of carbonyl (C=O) groups is 1. The van der Waals surface area contributed by atoms with Gasteiger partial charge in [-0.15, -0.1) is 0 Å². The second-order valence-electron chi connectivity index (χ2n) is 6.99. The highest BCUT2D eigenvalue weighted by molar-refractivity contribution is 7.88. The smallest absolute Gasteiger partial charge is 0.222 e. The van der Waals surface area contributed by atoms with E-state index in [4.69, 9.17) is 16.3 Å². The number of ether oxygens (including phenoxy) is 1. The molecule has 0 aliphatic carbocycles. The van der Waals surface area contributed by atoms with Crippen LogP contribution < -0.4 is 4.74 Å². The van der Waals surface area contributed by atoms with Gasteiger partial charge in [-0.1, -0.05) is 48.0 Å². The maximum absolute atomic E-state index is 12.6. The van der Waals surface area contributed by atoms with E-state index < -0.39 is 10.0 Å². The zero-order valence-electron chi connectivity index (χ0n) is 16.4. The molecule has 1 aliphatic heterocycles. The van der Waals surface area contributed by atoms with E-state index in [9.17, 15) is 13.2 Å². The predicted octanol–water partition coefficient (Wildman–Crippen LogP) is 2.96. The van der Waals surface area contributed by atoms with Crippen molar-refractivity contribution in [3.05, 3.63) is 64.7 Å². The van der Waals surface area contributed by atoms with E-state index in [0.717, 1.165) is 11.1 Å². The van der Waals surface area contributed by atoms with Crippen LogP contribution in [0.3, 0.4) is 0 Å². The van der Waals surface area contributed by atoms with E-state index in [2.05, 4.69) is 0 Å². The lowest BCUT2D eigenvalue weighted by atomic mass is 10.1. The number of benzene rings is 2. The summed E-state index contributed by atoms with van der Waals surface area (Å²) in [5, 5.41) is 0.523. The molecule has 0 unspecified atom stereocenters. The normalized spacial score (nSPS) is 15.3. The van der Waals surface area contributed by atoms with Crippen molar-refractivity contribution in [1.82, 2.24) is 9.21 Å². The van der Waals surface area contributed by atoms with Gasteiger partial charge in [0.15, 0.2) is 0 Å². The zero-order chi connectivity index (χ0) is 20.9. The average Bonchev–Trinajstić information content (AvgIpc) is 2.72. The second kappa shape index (κ2) is 9.61. The van der Waals surface area contributed by atoms with Crippen molar-refractivity contribution in [2.75, 3.05) is 33.3 Å². The van der Waals surface area contributed by atoms with Crippen molar-refractivity contribution < 1.29 is 17.9 Å². The number of amides is 1. The van der Waals surface area contributed by atoms with E-state index in [1.54, 1.807) is 18.1 Å². The summed E-state index contributed by atoms with van der Waals surface area (Å²) in [6.07, 6.45) is 0.939. The Hall–Kier alpha value is -2.09.